The molecule has 16 rings (SSSR count). The van der Waals surface area contributed by atoms with Crippen molar-refractivity contribution >= 4 is 78.5 Å². The lowest BCUT2D eigenvalue weighted by Crippen LogP contribution is -2.36. The molecule has 2 unspecified atom stereocenters. The summed E-state index contributed by atoms with van der Waals surface area (Å²) >= 11 is 0. The van der Waals surface area contributed by atoms with Gasteiger partial charge in [-0.3, -0.25) is 0 Å². The van der Waals surface area contributed by atoms with Crippen molar-refractivity contribution < 1.29 is 28.2 Å². The number of methoxy groups -OCH3 is 1. The highest BCUT2D eigenvalue weighted by Gasteiger charge is 2.44. The maximum atomic E-state index is 12.4. The molecule has 0 N–H and O–H groups in total. The molecule has 9 aromatic carbocycles. The molecule has 6 aliphatic rings. The second-order valence-electron chi connectivity index (χ2n) is 24.1. The average molecular weight is 1040 g/mol. The van der Waals surface area contributed by atoms with Crippen molar-refractivity contribution in [3.63, 3.8) is 0 Å². The molecule has 6 nitrogen and oxygen atoms in total. The molecule has 0 fully saturated rings. The number of ether oxygens (including phenoxy) is 4. The molecule has 3 aliphatic carbocycles. The second-order valence-corrected chi connectivity index (χ2v) is 24.1. The number of hydrogen-bond acceptors (Lipinski definition) is 6. The third-order valence-electron chi connectivity index (χ3n) is 17.1. The zero-order valence-corrected chi connectivity index (χ0v) is 46.2. The minimum absolute atomic E-state index is 0.0325. The molecule has 0 saturated carbocycles. The lowest BCUT2D eigenvalue weighted by Gasteiger charge is -2.41. The van der Waals surface area contributed by atoms with Gasteiger partial charge >= 0.3 is 5.97 Å². The first-order valence-electron chi connectivity index (χ1n) is 27.7. The molecular formula is C73H62O6. The van der Waals surface area contributed by atoms with E-state index < -0.39 is 0 Å². The molecule has 0 saturated heterocycles. The summed E-state index contributed by atoms with van der Waals surface area (Å²) in [4.78, 5) is 12.4. The van der Waals surface area contributed by atoms with Gasteiger partial charge in [0.1, 0.15) is 33.9 Å². The Morgan fingerprint density at radius 1 is 0.557 bits per heavy atom. The van der Waals surface area contributed by atoms with Gasteiger partial charge in [0.05, 0.1) is 18.8 Å². The summed E-state index contributed by atoms with van der Waals surface area (Å²) in [5, 5.41) is 9.43. The van der Waals surface area contributed by atoms with Crippen molar-refractivity contribution in [1.29, 1.82) is 0 Å². The Balaban J connectivity index is 0.000000107. The predicted molar refractivity (Wildman–Crippen MR) is 323 cm³/mol. The zero-order chi connectivity index (χ0) is 54.3. The molecule has 2 atom stereocenters. The first-order valence-corrected chi connectivity index (χ1v) is 27.7. The maximum absolute atomic E-state index is 12.4. The van der Waals surface area contributed by atoms with Gasteiger partial charge in [0.25, 0.3) is 0 Å². The Labute approximate surface area is 461 Å². The smallest absolute Gasteiger partial charge is 0.334 e. The molecule has 1 aromatic heterocycles. The van der Waals surface area contributed by atoms with Gasteiger partial charge < -0.3 is 23.4 Å². The molecule has 0 radical (unpaired) electrons. The van der Waals surface area contributed by atoms with Crippen molar-refractivity contribution in [2.24, 2.45) is 5.92 Å². The summed E-state index contributed by atoms with van der Waals surface area (Å²) in [6, 6.07) is 51.4. The monoisotopic (exact) mass is 1030 g/mol. The standard InChI is InChI=1S/C25H18O2.C24H22O3.C24H22O/c1-25(2)14-13-19-22-21-16-8-4-3-7-15(16)11-12-20(21)26-24(22)18-10-6-5-9-17(18)23(19)27-25;1-24(2)11-10-18-19(23(25)26-3)13-16-9-8-15-12-14-6-4-5-7-17(14)20(15)21(16)22(18)27-24;1-23(2)14-13-18-21-20(15-9-5-6-10-16(15)22(18)25-23)17-11-7-8-12-19(17)24(21,3)4/h3-14H,1-2H3;4-11,13,18,22H,12H2,1-3H3;5-14H,1-4H3. The molecule has 0 amide bonds. The average Bonchev–Trinajstić information content (AvgIpc) is 4.33. The molecular weight excluding hydrogens is 973 g/mol. The van der Waals surface area contributed by atoms with Gasteiger partial charge in [0.2, 0.25) is 0 Å². The maximum Gasteiger partial charge on any atom is 0.334 e. The van der Waals surface area contributed by atoms with Gasteiger partial charge in [-0.15, -0.1) is 0 Å². The summed E-state index contributed by atoms with van der Waals surface area (Å²) in [5.41, 5.74) is 16.9. The number of benzene rings is 9. The van der Waals surface area contributed by atoms with Crippen molar-refractivity contribution in [2.75, 3.05) is 7.11 Å². The zero-order valence-electron chi connectivity index (χ0n) is 46.2. The first-order chi connectivity index (χ1) is 38.0. The molecule has 6 heteroatoms. The van der Waals surface area contributed by atoms with Crippen LogP contribution in [0.2, 0.25) is 0 Å². The quantitative estimate of drug-likeness (QED) is 0.121. The van der Waals surface area contributed by atoms with Gasteiger partial charge in [-0.25, -0.2) is 4.79 Å². The van der Waals surface area contributed by atoms with E-state index in [1.807, 2.05) is 12.2 Å². The Bertz CT molecular complexity index is 4400. The van der Waals surface area contributed by atoms with Crippen LogP contribution in [0.25, 0.3) is 94.7 Å². The molecule has 4 heterocycles. The van der Waals surface area contributed by atoms with E-state index in [-0.39, 0.29) is 40.2 Å². The number of furan rings is 1. The van der Waals surface area contributed by atoms with Crippen LogP contribution in [0.15, 0.2) is 180 Å². The fourth-order valence-corrected chi connectivity index (χ4v) is 13.6. The van der Waals surface area contributed by atoms with Gasteiger partial charge in [-0.2, -0.15) is 0 Å². The third kappa shape index (κ3) is 7.66. The highest BCUT2D eigenvalue weighted by molar-refractivity contribution is 6.27. The second kappa shape index (κ2) is 17.5. The van der Waals surface area contributed by atoms with E-state index >= 15 is 0 Å². The number of esters is 1. The lowest BCUT2D eigenvalue weighted by molar-refractivity contribution is -0.138. The van der Waals surface area contributed by atoms with E-state index in [0.717, 1.165) is 61.8 Å². The minimum atomic E-state index is -0.377. The molecule has 0 bridgehead atoms. The van der Waals surface area contributed by atoms with Crippen LogP contribution in [0.3, 0.4) is 0 Å². The third-order valence-corrected chi connectivity index (χ3v) is 17.1. The number of rotatable bonds is 1. The Kier molecular flexibility index (Phi) is 10.8. The lowest BCUT2D eigenvalue weighted by atomic mass is 9.75. The summed E-state index contributed by atoms with van der Waals surface area (Å²) in [6.07, 6.45) is 15.7. The fourth-order valence-electron chi connectivity index (χ4n) is 13.6. The summed E-state index contributed by atoms with van der Waals surface area (Å²) in [6.45, 7) is 17.2. The molecule has 0 spiro atoms. The summed E-state index contributed by atoms with van der Waals surface area (Å²) < 4.78 is 30.9. The van der Waals surface area contributed by atoms with Crippen LogP contribution >= 0.6 is 0 Å². The van der Waals surface area contributed by atoms with Gasteiger partial charge in [0, 0.05) is 55.0 Å². The predicted octanol–water partition coefficient (Wildman–Crippen LogP) is 18.3. The fraction of sp³-hybridized carbons (Fsp3) is 0.219. The van der Waals surface area contributed by atoms with Gasteiger partial charge in [-0.1, -0.05) is 178 Å². The normalized spacial score (nSPS) is 19.2. The Morgan fingerprint density at radius 3 is 1.92 bits per heavy atom. The van der Waals surface area contributed by atoms with Crippen LogP contribution in [-0.2, 0) is 26.1 Å². The number of fused-ring (bicyclic) bond motifs is 25. The SMILES string of the molecule is CC1(C)C=Cc2c(c3ccccc3c3oc4ccc5ccccc5c4c23)O1.CC1(C)C=Cc2c3c(c4ccccc4c2O1)-c1ccccc1C3(C)C.COC(=O)C1=Cc2ccc3c(c2C2OC(C)(C)C=CC12)-c1ccccc1C3. The van der Waals surface area contributed by atoms with Crippen molar-refractivity contribution in [1.82, 2.24) is 0 Å². The highest BCUT2D eigenvalue weighted by Crippen LogP contribution is 2.57. The largest absolute Gasteiger partial charge is 0.482 e. The highest BCUT2D eigenvalue weighted by atomic mass is 16.5. The van der Waals surface area contributed by atoms with Gasteiger partial charge in [0.15, 0.2) is 0 Å². The van der Waals surface area contributed by atoms with Crippen LogP contribution in [0, 0.1) is 5.92 Å². The van der Waals surface area contributed by atoms with Crippen LogP contribution in [0.4, 0.5) is 0 Å². The van der Waals surface area contributed by atoms with E-state index in [9.17, 15) is 4.79 Å². The van der Waals surface area contributed by atoms with E-state index in [1.165, 1.54) is 84.3 Å². The Hall–Kier alpha value is -8.45. The van der Waals surface area contributed by atoms with Crippen LogP contribution in [0.1, 0.15) is 106 Å². The van der Waals surface area contributed by atoms with E-state index in [4.69, 9.17) is 23.4 Å². The van der Waals surface area contributed by atoms with E-state index in [1.54, 1.807) is 0 Å². The van der Waals surface area contributed by atoms with Crippen LogP contribution in [0.5, 0.6) is 11.5 Å². The first kappa shape index (κ1) is 48.9. The molecule has 3 aliphatic heterocycles. The Morgan fingerprint density at radius 2 is 1.18 bits per heavy atom. The van der Waals surface area contributed by atoms with Crippen molar-refractivity contribution in [3.05, 3.63) is 220 Å². The molecule has 79 heavy (non-hydrogen) atoms. The number of carbonyl (C=O) groups is 1. The number of carbonyl (C=O) groups excluding carboxylic acids is 1. The molecule has 10 aromatic rings. The van der Waals surface area contributed by atoms with Gasteiger partial charge in [-0.05, 0) is 144 Å². The molecule has 390 valence electrons. The summed E-state index contributed by atoms with van der Waals surface area (Å²) in [5.74, 6) is 1.56. The van der Waals surface area contributed by atoms with Crippen LogP contribution < -0.4 is 9.47 Å². The minimum Gasteiger partial charge on any atom is -0.482 e. The van der Waals surface area contributed by atoms with E-state index in [2.05, 4.69) is 231 Å². The van der Waals surface area contributed by atoms with Crippen molar-refractivity contribution in [3.8, 4) is 33.8 Å². The number of hydrogen-bond donors (Lipinski definition) is 0. The summed E-state index contributed by atoms with van der Waals surface area (Å²) in [7, 11) is 1.43. The van der Waals surface area contributed by atoms with Crippen LogP contribution in [-0.4, -0.2) is 29.9 Å². The van der Waals surface area contributed by atoms with E-state index in [0.29, 0.717) is 5.57 Å². The topological polar surface area (TPSA) is 67.1 Å². The van der Waals surface area contributed by atoms with Crippen molar-refractivity contribution in [2.45, 2.75) is 90.1 Å².